The van der Waals surface area contributed by atoms with Gasteiger partial charge < -0.3 is 9.80 Å². The van der Waals surface area contributed by atoms with Crippen LogP contribution in [0.25, 0.3) is 0 Å². The van der Waals surface area contributed by atoms with Crippen molar-refractivity contribution in [2.24, 2.45) is 17.8 Å². The van der Waals surface area contributed by atoms with E-state index in [9.17, 15) is 4.79 Å². The van der Waals surface area contributed by atoms with Gasteiger partial charge in [-0.25, -0.2) is 0 Å². The largest absolute Gasteiger partial charge is 0.342 e. The average molecular weight is 238 g/mol. The zero-order valence-corrected chi connectivity index (χ0v) is 11.5. The van der Waals surface area contributed by atoms with Crippen molar-refractivity contribution >= 4 is 5.91 Å². The van der Waals surface area contributed by atoms with Crippen LogP contribution in [0.1, 0.15) is 33.1 Å². The van der Waals surface area contributed by atoms with Crippen LogP contribution in [0, 0.1) is 17.8 Å². The predicted molar refractivity (Wildman–Crippen MR) is 69.7 cm³/mol. The van der Waals surface area contributed by atoms with Gasteiger partial charge in [0.25, 0.3) is 0 Å². The molecule has 0 spiro atoms. The van der Waals surface area contributed by atoms with E-state index in [1.165, 1.54) is 12.8 Å². The second-order valence-corrected chi connectivity index (χ2v) is 6.15. The molecule has 2 aliphatic rings. The minimum absolute atomic E-state index is 0.274. The summed E-state index contributed by atoms with van der Waals surface area (Å²) in [5.41, 5.74) is 0. The van der Waals surface area contributed by atoms with Crippen LogP contribution in [-0.2, 0) is 4.79 Å². The fourth-order valence-electron chi connectivity index (χ4n) is 3.18. The first-order chi connectivity index (χ1) is 8.08. The van der Waals surface area contributed by atoms with Crippen LogP contribution >= 0.6 is 0 Å². The first kappa shape index (κ1) is 12.9. The van der Waals surface area contributed by atoms with Crippen LogP contribution in [0.15, 0.2) is 0 Å². The topological polar surface area (TPSA) is 23.6 Å². The van der Waals surface area contributed by atoms with Crippen molar-refractivity contribution in [1.82, 2.24) is 9.80 Å². The van der Waals surface area contributed by atoms with Crippen LogP contribution in [0.4, 0.5) is 0 Å². The Morgan fingerprint density at radius 2 is 1.76 bits per heavy atom. The zero-order chi connectivity index (χ0) is 12.4. The fraction of sp³-hybridized carbons (Fsp3) is 0.929. The number of rotatable bonds is 2. The third-order valence-corrected chi connectivity index (χ3v) is 4.53. The first-order valence-electron chi connectivity index (χ1n) is 7.05. The van der Waals surface area contributed by atoms with E-state index < -0.39 is 0 Å². The van der Waals surface area contributed by atoms with E-state index in [4.69, 9.17) is 0 Å². The van der Waals surface area contributed by atoms with Crippen LogP contribution in [-0.4, -0.2) is 48.9 Å². The Morgan fingerprint density at radius 3 is 2.24 bits per heavy atom. The molecule has 2 rings (SSSR count). The lowest BCUT2D eigenvalue weighted by Gasteiger charge is -2.35. The predicted octanol–water partition coefficient (Wildman–Crippen LogP) is 1.83. The number of likely N-dealkylation sites (tertiary alicyclic amines) is 2. The molecule has 2 fully saturated rings. The molecule has 0 aromatic heterocycles. The highest BCUT2D eigenvalue weighted by Gasteiger charge is 2.32. The zero-order valence-electron chi connectivity index (χ0n) is 11.5. The fourth-order valence-corrected chi connectivity index (χ4v) is 3.18. The molecule has 0 aliphatic carbocycles. The summed E-state index contributed by atoms with van der Waals surface area (Å²) in [5.74, 6) is 2.28. The van der Waals surface area contributed by atoms with Gasteiger partial charge in [-0.05, 0) is 44.7 Å². The molecule has 3 nitrogen and oxygen atoms in total. The number of piperidine rings is 1. The Labute approximate surface area is 105 Å². The quantitative estimate of drug-likeness (QED) is 0.733. The molecule has 98 valence electrons. The third kappa shape index (κ3) is 3.01. The van der Waals surface area contributed by atoms with Crippen molar-refractivity contribution in [1.29, 1.82) is 0 Å². The SMILES string of the molecule is CC(C)C1CCN(C(=O)C2CCN(C)C2)CC1. The smallest absolute Gasteiger partial charge is 0.227 e. The molecule has 1 unspecified atom stereocenters. The van der Waals surface area contributed by atoms with Crippen molar-refractivity contribution in [2.75, 3.05) is 33.2 Å². The lowest BCUT2D eigenvalue weighted by Crippen LogP contribution is -2.43. The molecule has 2 saturated heterocycles. The van der Waals surface area contributed by atoms with Crippen molar-refractivity contribution < 1.29 is 4.79 Å². The normalized spacial score (nSPS) is 28.0. The summed E-state index contributed by atoms with van der Waals surface area (Å²) in [4.78, 5) is 16.7. The number of hydrogen-bond acceptors (Lipinski definition) is 2. The summed E-state index contributed by atoms with van der Waals surface area (Å²) >= 11 is 0. The first-order valence-corrected chi connectivity index (χ1v) is 7.05. The second kappa shape index (κ2) is 5.38. The van der Waals surface area contributed by atoms with Gasteiger partial charge in [-0.15, -0.1) is 0 Å². The molecule has 2 heterocycles. The van der Waals surface area contributed by atoms with Crippen LogP contribution in [0.2, 0.25) is 0 Å². The molecular weight excluding hydrogens is 212 g/mol. The minimum atomic E-state index is 0.274. The molecule has 17 heavy (non-hydrogen) atoms. The van der Waals surface area contributed by atoms with Crippen molar-refractivity contribution in [3.05, 3.63) is 0 Å². The number of carbonyl (C=O) groups excluding carboxylic acids is 1. The highest BCUT2D eigenvalue weighted by atomic mass is 16.2. The summed E-state index contributed by atoms with van der Waals surface area (Å²) < 4.78 is 0. The van der Waals surface area contributed by atoms with Gasteiger partial charge in [0, 0.05) is 19.6 Å². The summed E-state index contributed by atoms with van der Waals surface area (Å²) in [6, 6.07) is 0. The van der Waals surface area contributed by atoms with Crippen molar-refractivity contribution in [3.63, 3.8) is 0 Å². The van der Waals surface area contributed by atoms with Crippen LogP contribution in [0.3, 0.4) is 0 Å². The van der Waals surface area contributed by atoms with Gasteiger partial charge in [-0.2, -0.15) is 0 Å². The highest BCUT2D eigenvalue weighted by molar-refractivity contribution is 5.79. The Morgan fingerprint density at radius 1 is 1.12 bits per heavy atom. The van der Waals surface area contributed by atoms with Crippen molar-refractivity contribution in [3.8, 4) is 0 Å². The van der Waals surface area contributed by atoms with Gasteiger partial charge in [0.1, 0.15) is 0 Å². The third-order valence-electron chi connectivity index (χ3n) is 4.53. The number of carbonyl (C=O) groups is 1. The minimum Gasteiger partial charge on any atom is -0.342 e. The van der Waals surface area contributed by atoms with Crippen LogP contribution < -0.4 is 0 Å². The van der Waals surface area contributed by atoms with Crippen molar-refractivity contribution in [2.45, 2.75) is 33.1 Å². The van der Waals surface area contributed by atoms with E-state index in [0.717, 1.165) is 44.4 Å². The van der Waals surface area contributed by atoms with Gasteiger partial charge in [0.05, 0.1) is 5.92 Å². The Kier molecular flexibility index (Phi) is 4.08. The molecular formula is C14H26N2O. The second-order valence-electron chi connectivity index (χ2n) is 6.15. The van der Waals surface area contributed by atoms with Gasteiger partial charge in [0.15, 0.2) is 0 Å². The number of hydrogen-bond donors (Lipinski definition) is 0. The van der Waals surface area contributed by atoms with E-state index >= 15 is 0 Å². The summed E-state index contributed by atoms with van der Waals surface area (Å²) in [6.45, 7) is 8.62. The van der Waals surface area contributed by atoms with Gasteiger partial charge in [0.2, 0.25) is 5.91 Å². The molecule has 0 N–H and O–H groups in total. The summed E-state index contributed by atoms with van der Waals surface area (Å²) in [6.07, 6.45) is 3.46. The molecule has 0 bridgehead atoms. The van der Waals surface area contributed by atoms with Gasteiger partial charge in [-0.1, -0.05) is 13.8 Å². The summed E-state index contributed by atoms with van der Waals surface area (Å²) in [7, 11) is 2.11. The molecule has 2 aliphatic heterocycles. The maximum Gasteiger partial charge on any atom is 0.227 e. The molecule has 3 heteroatoms. The Bertz CT molecular complexity index is 269. The number of amides is 1. The maximum absolute atomic E-state index is 12.3. The van der Waals surface area contributed by atoms with E-state index in [2.05, 4.69) is 30.7 Å². The molecule has 1 amide bonds. The van der Waals surface area contributed by atoms with E-state index in [0.29, 0.717) is 5.91 Å². The van der Waals surface area contributed by atoms with Crippen LogP contribution in [0.5, 0.6) is 0 Å². The Balaban J connectivity index is 1.82. The van der Waals surface area contributed by atoms with E-state index in [1.54, 1.807) is 0 Å². The lowest BCUT2D eigenvalue weighted by atomic mass is 9.86. The molecule has 0 aromatic rings. The molecule has 0 radical (unpaired) electrons. The molecule has 1 atom stereocenters. The highest BCUT2D eigenvalue weighted by Crippen LogP contribution is 2.26. The molecule has 0 saturated carbocycles. The van der Waals surface area contributed by atoms with E-state index in [-0.39, 0.29) is 5.92 Å². The van der Waals surface area contributed by atoms with E-state index in [1.807, 2.05) is 0 Å². The Hall–Kier alpha value is -0.570. The maximum atomic E-state index is 12.3. The lowest BCUT2D eigenvalue weighted by molar-refractivity contribution is -0.136. The molecule has 0 aromatic carbocycles. The standard InChI is InChI=1S/C14H26N2O/c1-11(2)12-5-8-16(9-6-12)14(17)13-4-7-15(3)10-13/h11-13H,4-10H2,1-3H3. The number of nitrogens with zero attached hydrogens (tertiary/aromatic N) is 2. The summed E-state index contributed by atoms with van der Waals surface area (Å²) in [5, 5.41) is 0. The average Bonchev–Trinajstić information content (AvgIpc) is 2.75. The monoisotopic (exact) mass is 238 g/mol. The van der Waals surface area contributed by atoms with Gasteiger partial charge in [-0.3, -0.25) is 4.79 Å². The van der Waals surface area contributed by atoms with Gasteiger partial charge >= 0.3 is 0 Å².